The van der Waals surface area contributed by atoms with Gasteiger partial charge >= 0.3 is 29.6 Å². The van der Waals surface area contributed by atoms with E-state index in [2.05, 4.69) is 50.7 Å². The van der Waals surface area contributed by atoms with Crippen molar-refractivity contribution in [1.82, 2.24) is 29.9 Å². The van der Waals surface area contributed by atoms with Gasteiger partial charge in [-0.15, -0.1) is 0 Å². The zero-order valence-electron chi connectivity index (χ0n) is 28.9. The van der Waals surface area contributed by atoms with Crippen LogP contribution in [0.1, 0.15) is 22.3 Å². The summed E-state index contributed by atoms with van der Waals surface area (Å²) in [6.45, 7) is 15.9. The fourth-order valence-corrected chi connectivity index (χ4v) is 4.41. The quantitative estimate of drug-likeness (QED) is 0.0656. The van der Waals surface area contributed by atoms with E-state index in [1.807, 2.05) is 86.6 Å². The first kappa shape index (κ1) is 44.3. The van der Waals surface area contributed by atoms with E-state index < -0.39 is 0 Å². The fourth-order valence-electron chi connectivity index (χ4n) is 4.06. The Hall–Kier alpha value is -5.70. The van der Waals surface area contributed by atoms with Crippen molar-refractivity contribution in [3.63, 3.8) is 0 Å². The molecule has 3 aromatic heterocycles. The maximum Gasteiger partial charge on any atom is 1.00 e. The van der Waals surface area contributed by atoms with Gasteiger partial charge in [-0.05, 0) is 85.1 Å². The molecule has 0 aliphatic heterocycles. The van der Waals surface area contributed by atoms with E-state index in [9.17, 15) is 0 Å². The standard InChI is InChI=1S/C10H7N3.C9H7BrN2.C9H8N2.C7H10N2.C2H2O2.CN.Na/c1-11-7-8-2-3-9-10(6-8)13-5-4-12-9;10-6-7-1-2-8-9(5-7)12-4-3-11-8;1-7-2-3-8-9(6-7)11-5-4-10-8;1-5-2-3-6(8)7(9)4-5;3-1-2-4;1-2;/h2-6H,7H2;1-5H,6H2;2-6H,1H3;2-4H,8-9H2,1H3;1-2H;;/q;;;;;-1;+1. The van der Waals surface area contributed by atoms with E-state index in [0.717, 1.165) is 49.6 Å². The summed E-state index contributed by atoms with van der Waals surface area (Å²) in [7, 11) is 0. The topological polar surface area (TPSA) is 192 Å². The van der Waals surface area contributed by atoms with Crippen LogP contribution in [-0.4, -0.2) is 42.5 Å². The largest absolute Gasteiger partial charge is 1.00 e. The van der Waals surface area contributed by atoms with Gasteiger partial charge in [-0.3, -0.25) is 39.5 Å². The second-order valence-corrected chi connectivity index (χ2v) is 10.7. The third-order valence-corrected chi connectivity index (χ3v) is 7.05. The van der Waals surface area contributed by atoms with E-state index in [1.54, 1.807) is 37.2 Å². The van der Waals surface area contributed by atoms with E-state index in [0.29, 0.717) is 17.9 Å². The number of benzene rings is 4. The molecule has 0 aliphatic rings. The molecule has 0 fully saturated rings. The number of nitrogen functional groups attached to an aromatic ring is 2. The molecule has 52 heavy (non-hydrogen) atoms. The van der Waals surface area contributed by atoms with Crippen LogP contribution in [0.3, 0.4) is 0 Å². The second kappa shape index (κ2) is 25.3. The Morgan fingerprint density at radius 1 is 0.596 bits per heavy atom. The number of aryl methyl sites for hydroxylation is 2. The molecule has 4 N–H and O–H groups in total. The maximum atomic E-state index is 8.81. The first-order chi connectivity index (χ1) is 24.8. The van der Waals surface area contributed by atoms with Crippen LogP contribution in [0.2, 0.25) is 0 Å². The van der Waals surface area contributed by atoms with Crippen LogP contribution < -0.4 is 41.0 Å². The molecule has 0 aliphatic carbocycles. The van der Waals surface area contributed by atoms with Crippen molar-refractivity contribution in [2.75, 3.05) is 11.5 Å². The Labute approximate surface area is 332 Å². The van der Waals surface area contributed by atoms with Gasteiger partial charge in [0, 0.05) is 48.1 Å². The number of aromatic nitrogens is 6. The van der Waals surface area contributed by atoms with Gasteiger partial charge in [-0.1, -0.05) is 34.1 Å². The van der Waals surface area contributed by atoms with E-state index >= 15 is 0 Å². The molecule has 4 aromatic carbocycles. The van der Waals surface area contributed by atoms with Crippen molar-refractivity contribution in [3.05, 3.63) is 150 Å². The minimum Gasteiger partial charge on any atom is -0.512 e. The van der Waals surface area contributed by atoms with Crippen LogP contribution in [0.5, 0.6) is 0 Å². The molecule has 14 heteroatoms. The van der Waals surface area contributed by atoms with Crippen LogP contribution >= 0.6 is 15.9 Å². The predicted octanol–water partition coefficient (Wildman–Crippen LogP) is 4.16. The van der Waals surface area contributed by atoms with Crippen LogP contribution in [0.4, 0.5) is 11.4 Å². The summed E-state index contributed by atoms with van der Waals surface area (Å²) >= 11 is 3.40. The van der Waals surface area contributed by atoms with E-state index in [-0.39, 0.29) is 42.1 Å². The van der Waals surface area contributed by atoms with E-state index in [4.69, 9.17) is 39.5 Å². The van der Waals surface area contributed by atoms with Gasteiger partial charge in [0.1, 0.15) is 0 Å². The molecular formula is C38H34BrN10NaO2. The molecule has 0 unspecified atom stereocenters. The summed E-state index contributed by atoms with van der Waals surface area (Å²) < 4.78 is 0. The molecule has 7 rings (SSSR count). The van der Waals surface area contributed by atoms with Crippen LogP contribution in [0.15, 0.2) is 110 Å². The first-order valence-electron chi connectivity index (χ1n) is 15.0. The molecule has 3 heterocycles. The maximum absolute atomic E-state index is 8.81. The van der Waals surface area contributed by atoms with Crippen LogP contribution in [0, 0.1) is 32.3 Å². The minimum absolute atomic E-state index is 0. The number of nitrogens with zero attached hydrogens (tertiary/aromatic N) is 8. The summed E-state index contributed by atoms with van der Waals surface area (Å²) in [5.41, 5.74) is 22.4. The molecular weight excluding hydrogens is 731 g/mol. The summed E-state index contributed by atoms with van der Waals surface area (Å²) in [5.74, 6) is 0. The molecule has 0 amide bonds. The number of carbonyl (C=O) groups is 2. The Balaban J connectivity index is 0.000000330. The van der Waals surface area contributed by atoms with Crippen molar-refractivity contribution < 1.29 is 39.1 Å². The summed E-state index contributed by atoms with van der Waals surface area (Å²) in [5, 5.41) is 7.11. The van der Waals surface area contributed by atoms with Gasteiger partial charge in [0.2, 0.25) is 6.54 Å². The molecule has 0 saturated carbocycles. The van der Waals surface area contributed by atoms with Crippen molar-refractivity contribution in [1.29, 1.82) is 5.26 Å². The van der Waals surface area contributed by atoms with Gasteiger partial charge in [-0.2, -0.15) is 0 Å². The van der Waals surface area contributed by atoms with Gasteiger partial charge < -0.3 is 28.1 Å². The number of nitrogens with two attached hydrogens (primary N) is 2. The Bertz CT molecular complexity index is 2220. The number of halogens is 1. The van der Waals surface area contributed by atoms with Crippen molar-refractivity contribution in [2.24, 2.45) is 0 Å². The SMILES string of the molecule is BrCc1ccc2nccnc2c1.Cc1ccc(N)c(N)c1.Cc1ccc2nccnc2c1.O=CC=O.[C-]#N.[C-]#[N+]Cc1ccc2nccnc2c1.[Na+]. The molecule has 0 spiro atoms. The summed E-state index contributed by atoms with van der Waals surface area (Å²) in [4.78, 5) is 46.0. The third kappa shape index (κ3) is 15.5. The van der Waals surface area contributed by atoms with Gasteiger partial charge in [-0.25, -0.2) is 6.57 Å². The Morgan fingerprint density at radius 2 is 0.981 bits per heavy atom. The predicted molar refractivity (Wildman–Crippen MR) is 203 cm³/mol. The first-order valence-corrected chi connectivity index (χ1v) is 16.1. The fraction of sp³-hybridized carbons (Fsp3) is 0.105. The van der Waals surface area contributed by atoms with Crippen molar-refractivity contribution in [3.8, 4) is 0 Å². The van der Waals surface area contributed by atoms with Crippen molar-refractivity contribution in [2.45, 2.75) is 25.7 Å². The molecule has 0 atom stereocenters. The van der Waals surface area contributed by atoms with Crippen molar-refractivity contribution >= 4 is 73.0 Å². The number of hydrogen-bond acceptors (Lipinski definition) is 11. The number of hydrogen-bond donors (Lipinski definition) is 2. The normalized spacial score (nSPS) is 9.08. The molecule has 12 nitrogen and oxygen atoms in total. The molecule has 256 valence electrons. The molecule has 7 aromatic rings. The number of alkyl halides is 1. The van der Waals surface area contributed by atoms with Gasteiger partial charge in [0.25, 0.3) is 0 Å². The third-order valence-electron chi connectivity index (χ3n) is 6.41. The molecule has 0 radical (unpaired) electrons. The smallest absolute Gasteiger partial charge is 0.512 e. The van der Waals surface area contributed by atoms with Gasteiger partial charge in [0.15, 0.2) is 12.6 Å². The number of carbonyl (C=O) groups excluding carboxylic acids is 2. The van der Waals surface area contributed by atoms with E-state index in [1.165, 1.54) is 11.1 Å². The number of anilines is 2. The average Bonchev–Trinajstić information content (AvgIpc) is 3.18. The van der Waals surface area contributed by atoms with Crippen LogP contribution in [-0.2, 0) is 21.5 Å². The minimum atomic E-state index is 0. The molecule has 0 bridgehead atoms. The summed E-state index contributed by atoms with van der Waals surface area (Å²) in [6, 6.07) is 23.4. The van der Waals surface area contributed by atoms with Gasteiger partial charge in [0.05, 0.1) is 44.5 Å². The second-order valence-electron chi connectivity index (χ2n) is 10.2. The monoisotopic (exact) mass is 764 g/mol. The van der Waals surface area contributed by atoms with Crippen LogP contribution in [0.25, 0.3) is 37.9 Å². The summed E-state index contributed by atoms with van der Waals surface area (Å²) in [6.07, 6.45) is 10.5. The number of rotatable bonds is 3. The number of aldehydes is 2. The Morgan fingerprint density at radius 3 is 1.40 bits per heavy atom. The average molecular weight is 766 g/mol. The zero-order chi connectivity index (χ0) is 37.4. The number of fused-ring (bicyclic) bond motifs is 3. The molecule has 0 saturated heterocycles. The zero-order valence-corrected chi connectivity index (χ0v) is 32.5. The Kier molecular flexibility index (Phi) is 21.5.